The summed E-state index contributed by atoms with van der Waals surface area (Å²) in [5.74, 6) is 1.18. The summed E-state index contributed by atoms with van der Waals surface area (Å²) in [6.07, 6.45) is 1.75. The van der Waals surface area contributed by atoms with Crippen molar-refractivity contribution in [3.63, 3.8) is 0 Å². The van der Waals surface area contributed by atoms with Crippen LogP contribution in [0.3, 0.4) is 0 Å². The van der Waals surface area contributed by atoms with Gasteiger partial charge in [0.1, 0.15) is 0 Å². The third-order valence-corrected chi connectivity index (χ3v) is 15.6. The third-order valence-electron chi connectivity index (χ3n) is 6.66. The van der Waals surface area contributed by atoms with Crippen LogP contribution in [0.4, 0.5) is 0 Å². The minimum Gasteiger partial charge on any atom is -0.411 e. The highest BCUT2D eigenvalue weighted by Crippen LogP contribution is 2.46. The first-order valence-electron chi connectivity index (χ1n) is 9.35. The minimum absolute atomic E-state index is 0.250. The lowest BCUT2D eigenvalue weighted by atomic mass is 10.1. The Morgan fingerprint density at radius 2 is 0.913 bits per heavy atom. The van der Waals surface area contributed by atoms with Crippen molar-refractivity contribution in [2.24, 2.45) is 11.8 Å². The molecule has 1 rings (SSSR count). The lowest BCUT2D eigenvalue weighted by Gasteiger charge is -2.44. The SMILES string of the molecule is CC1CC(C)C(O[Si](C)(C)C(C)(C)C)C1O[Si](C)(C)C(C)(C)C. The molecule has 1 aliphatic carbocycles. The second-order valence-electron chi connectivity index (χ2n) is 10.9. The number of hydrogen-bond donors (Lipinski definition) is 0. The molecule has 0 aromatic carbocycles. The Morgan fingerprint density at radius 1 is 0.652 bits per heavy atom. The first-order valence-corrected chi connectivity index (χ1v) is 15.2. The molecule has 0 radical (unpaired) electrons. The molecular formula is C19H42O2Si2. The largest absolute Gasteiger partial charge is 0.411 e. The predicted octanol–water partition coefficient (Wildman–Crippen LogP) is 6.44. The van der Waals surface area contributed by atoms with Gasteiger partial charge < -0.3 is 8.85 Å². The van der Waals surface area contributed by atoms with Gasteiger partial charge in [0.25, 0.3) is 0 Å². The molecule has 0 saturated heterocycles. The average Bonchev–Trinajstić information content (AvgIpc) is 2.52. The molecular weight excluding hydrogens is 316 g/mol. The van der Waals surface area contributed by atoms with Gasteiger partial charge in [0.05, 0.1) is 12.2 Å². The van der Waals surface area contributed by atoms with E-state index in [-0.39, 0.29) is 22.3 Å². The van der Waals surface area contributed by atoms with E-state index < -0.39 is 16.6 Å². The smallest absolute Gasteiger partial charge is 0.192 e. The van der Waals surface area contributed by atoms with Gasteiger partial charge >= 0.3 is 0 Å². The molecule has 0 aromatic heterocycles. The van der Waals surface area contributed by atoms with Gasteiger partial charge in [-0.2, -0.15) is 0 Å². The van der Waals surface area contributed by atoms with E-state index in [2.05, 4.69) is 81.6 Å². The zero-order valence-electron chi connectivity index (χ0n) is 17.8. The summed E-state index contributed by atoms with van der Waals surface area (Å²) in [7, 11) is -3.54. The summed E-state index contributed by atoms with van der Waals surface area (Å²) >= 11 is 0. The Morgan fingerprint density at radius 3 is 1.13 bits per heavy atom. The summed E-state index contributed by atoms with van der Waals surface area (Å²) in [5, 5.41) is 0.500. The molecule has 4 atom stereocenters. The molecule has 1 saturated carbocycles. The molecule has 138 valence electrons. The van der Waals surface area contributed by atoms with Crippen molar-refractivity contribution >= 4 is 16.6 Å². The maximum absolute atomic E-state index is 6.85. The summed E-state index contributed by atoms with van der Waals surface area (Å²) in [5.41, 5.74) is 0. The fourth-order valence-corrected chi connectivity index (χ4v) is 5.70. The molecule has 0 heterocycles. The van der Waals surface area contributed by atoms with E-state index >= 15 is 0 Å². The van der Waals surface area contributed by atoms with Gasteiger partial charge in [0, 0.05) is 0 Å². The second kappa shape index (κ2) is 6.58. The highest BCUT2D eigenvalue weighted by Gasteiger charge is 2.50. The highest BCUT2D eigenvalue weighted by atomic mass is 28.4. The van der Waals surface area contributed by atoms with Crippen molar-refractivity contribution in [1.29, 1.82) is 0 Å². The topological polar surface area (TPSA) is 18.5 Å². The number of rotatable bonds is 4. The normalized spacial score (nSPS) is 30.8. The van der Waals surface area contributed by atoms with Crippen LogP contribution in [0.2, 0.25) is 36.3 Å². The predicted molar refractivity (Wildman–Crippen MR) is 107 cm³/mol. The quantitative estimate of drug-likeness (QED) is 0.538. The third kappa shape index (κ3) is 4.71. The van der Waals surface area contributed by atoms with Gasteiger partial charge in [-0.1, -0.05) is 55.4 Å². The van der Waals surface area contributed by atoms with Crippen LogP contribution in [0.1, 0.15) is 61.8 Å². The van der Waals surface area contributed by atoms with Crippen LogP contribution in [-0.2, 0) is 8.85 Å². The molecule has 1 aliphatic rings. The molecule has 23 heavy (non-hydrogen) atoms. The van der Waals surface area contributed by atoms with Gasteiger partial charge in [-0.25, -0.2) is 0 Å². The monoisotopic (exact) mass is 358 g/mol. The van der Waals surface area contributed by atoms with Crippen LogP contribution in [-0.4, -0.2) is 28.8 Å². The van der Waals surface area contributed by atoms with Gasteiger partial charge in [-0.05, 0) is 54.5 Å². The maximum atomic E-state index is 6.85. The van der Waals surface area contributed by atoms with E-state index in [1.54, 1.807) is 0 Å². The minimum atomic E-state index is -1.77. The summed E-state index contributed by atoms with van der Waals surface area (Å²) < 4.78 is 13.7. The maximum Gasteiger partial charge on any atom is 0.192 e. The van der Waals surface area contributed by atoms with E-state index in [0.717, 1.165) is 0 Å². The van der Waals surface area contributed by atoms with Crippen molar-refractivity contribution in [1.82, 2.24) is 0 Å². The van der Waals surface area contributed by atoms with Crippen LogP contribution in [0.15, 0.2) is 0 Å². The van der Waals surface area contributed by atoms with Crippen LogP contribution < -0.4 is 0 Å². The Balaban J connectivity index is 3.01. The van der Waals surface area contributed by atoms with Gasteiger partial charge in [0.2, 0.25) is 0 Å². The molecule has 0 aromatic rings. The van der Waals surface area contributed by atoms with E-state index in [9.17, 15) is 0 Å². The Labute approximate surface area is 148 Å². The van der Waals surface area contributed by atoms with Crippen LogP contribution in [0, 0.1) is 11.8 Å². The van der Waals surface area contributed by atoms with E-state index in [1.807, 2.05) is 0 Å². The van der Waals surface area contributed by atoms with Crippen molar-refractivity contribution in [2.45, 2.75) is 110 Å². The van der Waals surface area contributed by atoms with Gasteiger partial charge in [0.15, 0.2) is 16.6 Å². The Bertz CT molecular complexity index is 367. The van der Waals surface area contributed by atoms with Crippen molar-refractivity contribution in [2.75, 3.05) is 0 Å². The van der Waals surface area contributed by atoms with Gasteiger partial charge in [-0.15, -0.1) is 0 Å². The molecule has 0 aliphatic heterocycles. The standard InChI is InChI=1S/C19H42O2Si2/c1-14-13-15(2)17(21-23(11,12)19(6,7)8)16(14)20-22(9,10)18(3,4)5/h14-17H,13H2,1-12H3. The number of hydrogen-bond acceptors (Lipinski definition) is 2. The van der Waals surface area contributed by atoms with E-state index in [1.165, 1.54) is 6.42 Å². The van der Waals surface area contributed by atoms with Crippen LogP contribution in [0.5, 0.6) is 0 Å². The van der Waals surface area contributed by atoms with Gasteiger partial charge in [-0.3, -0.25) is 0 Å². The highest BCUT2D eigenvalue weighted by molar-refractivity contribution is 6.74. The van der Waals surface area contributed by atoms with E-state index in [0.29, 0.717) is 11.8 Å². The second-order valence-corrected chi connectivity index (χ2v) is 20.4. The van der Waals surface area contributed by atoms with Crippen LogP contribution in [0.25, 0.3) is 0 Å². The lowest BCUT2D eigenvalue weighted by Crippen LogP contribution is -2.52. The molecule has 4 heteroatoms. The summed E-state index contributed by atoms with van der Waals surface area (Å²) in [4.78, 5) is 0. The first kappa shape index (κ1) is 21.4. The first-order chi connectivity index (χ1) is 9.99. The molecule has 0 amide bonds. The Hall–Kier alpha value is 0.354. The Kier molecular flexibility index (Phi) is 6.12. The molecule has 0 spiro atoms. The lowest BCUT2D eigenvalue weighted by molar-refractivity contribution is 0.0253. The molecule has 4 unspecified atom stereocenters. The van der Waals surface area contributed by atoms with Crippen molar-refractivity contribution in [3.05, 3.63) is 0 Å². The molecule has 0 bridgehead atoms. The fourth-order valence-electron chi connectivity index (χ4n) is 2.90. The molecule has 1 fully saturated rings. The molecule has 0 N–H and O–H groups in total. The summed E-state index contributed by atoms with van der Waals surface area (Å²) in [6.45, 7) is 28.1. The molecule has 2 nitrogen and oxygen atoms in total. The van der Waals surface area contributed by atoms with Crippen molar-refractivity contribution < 1.29 is 8.85 Å². The fraction of sp³-hybridized carbons (Fsp3) is 1.00. The zero-order chi connectivity index (χ0) is 18.4. The summed E-state index contributed by atoms with van der Waals surface area (Å²) in [6, 6.07) is 0. The van der Waals surface area contributed by atoms with E-state index in [4.69, 9.17) is 8.85 Å². The van der Waals surface area contributed by atoms with Crippen molar-refractivity contribution in [3.8, 4) is 0 Å². The van der Waals surface area contributed by atoms with Crippen LogP contribution >= 0.6 is 0 Å². The average molecular weight is 359 g/mol. The zero-order valence-corrected chi connectivity index (χ0v) is 19.8.